The van der Waals surface area contributed by atoms with E-state index in [2.05, 4.69) is 36.0 Å². The van der Waals surface area contributed by atoms with Gasteiger partial charge in [-0.1, -0.05) is 6.07 Å². The molecule has 1 aliphatic heterocycles. The zero-order chi connectivity index (χ0) is 15.0. The fourth-order valence-electron chi connectivity index (χ4n) is 3.86. The molecule has 3 rings (SSSR count). The summed E-state index contributed by atoms with van der Waals surface area (Å²) in [6.45, 7) is 2.34. The molecule has 1 aromatic rings. The van der Waals surface area contributed by atoms with Crippen LogP contribution in [0.1, 0.15) is 30.0 Å². The van der Waals surface area contributed by atoms with Gasteiger partial charge in [-0.05, 0) is 63.2 Å². The Hall–Kier alpha value is -1.10. The highest BCUT2D eigenvalue weighted by atomic mass is 16.5. The molecule has 0 aromatic heterocycles. The van der Waals surface area contributed by atoms with Gasteiger partial charge in [-0.15, -0.1) is 0 Å². The number of likely N-dealkylation sites (tertiary alicyclic amines) is 1. The van der Waals surface area contributed by atoms with E-state index >= 15 is 0 Å². The fraction of sp³-hybridized carbons (Fsp3) is 0.647. The standard InChI is InChI=1S/C17H27N3O/c1-19-8-4-5-13(19)11-20(2)16-9-12-6-7-14(21-3)10-15(12)17(16)18/h6-7,10,13,16-17H,4-5,8-9,11,18H2,1-3H3. The molecule has 116 valence electrons. The van der Waals surface area contributed by atoms with Crippen molar-refractivity contribution in [3.8, 4) is 5.75 Å². The Bertz CT molecular complexity index is 505. The topological polar surface area (TPSA) is 41.7 Å². The van der Waals surface area contributed by atoms with Crippen molar-refractivity contribution < 1.29 is 4.74 Å². The molecule has 1 saturated heterocycles. The van der Waals surface area contributed by atoms with Crippen molar-refractivity contribution in [1.29, 1.82) is 0 Å². The lowest BCUT2D eigenvalue weighted by Gasteiger charge is -2.32. The molecule has 2 aliphatic rings. The number of methoxy groups -OCH3 is 1. The van der Waals surface area contributed by atoms with Crippen LogP contribution in [-0.2, 0) is 6.42 Å². The van der Waals surface area contributed by atoms with Crippen LogP contribution in [0.2, 0.25) is 0 Å². The monoisotopic (exact) mass is 289 g/mol. The average molecular weight is 289 g/mol. The first-order valence-corrected chi connectivity index (χ1v) is 7.93. The summed E-state index contributed by atoms with van der Waals surface area (Å²) in [6.07, 6.45) is 3.68. The second kappa shape index (κ2) is 5.95. The van der Waals surface area contributed by atoms with E-state index in [1.54, 1.807) is 7.11 Å². The maximum absolute atomic E-state index is 6.51. The van der Waals surface area contributed by atoms with E-state index in [1.165, 1.54) is 30.5 Å². The molecule has 4 heteroatoms. The maximum atomic E-state index is 6.51. The summed E-state index contributed by atoms with van der Waals surface area (Å²) in [7, 11) is 6.17. The number of hydrogen-bond donors (Lipinski definition) is 1. The van der Waals surface area contributed by atoms with Gasteiger partial charge in [0.15, 0.2) is 0 Å². The van der Waals surface area contributed by atoms with Crippen molar-refractivity contribution in [2.45, 2.75) is 37.4 Å². The Morgan fingerprint density at radius 3 is 2.90 bits per heavy atom. The van der Waals surface area contributed by atoms with Gasteiger partial charge in [-0.3, -0.25) is 4.90 Å². The lowest BCUT2D eigenvalue weighted by Crippen LogP contribution is -2.45. The molecule has 21 heavy (non-hydrogen) atoms. The number of rotatable bonds is 4. The minimum atomic E-state index is 0.0896. The van der Waals surface area contributed by atoms with Gasteiger partial charge in [0.05, 0.1) is 7.11 Å². The van der Waals surface area contributed by atoms with Crippen molar-refractivity contribution in [2.75, 3.05) is 34.3 Å². The van der Waals surface area contributed by atoms with Gasteiger partial charge in [-0.25, -0.2) is 0 Å². The molecule has 0 saturated carbocycles. The predicted molar refractivity (Wildman–Crippen MR) is 85.7 cm³/mol. The van der Waals surface area contributed by atoms with Gasteiger partial charge < -0.3 is 15.4 Å². The number of hydrogen-bond acceptors (Lipinski definition) is 4. The van der Waals surface area contributed by atoms with Crippen LogP contribution >= 0.6 is 0 Å². The van der Waals surface area contributed by atoms with Crippen molar-refractivity contribution in [2.24, 2.45) is 5.73 Å². The largest absolute Gasteiger partial charge is 0.497 e. The molecule has 0 amide bonds. The van der Waals surface area contributed by atoms with Gasteiger partial charge in [0, 0.05) is 24.7 Å². The van der Waals surface area contributed by atoms with Gasteiger partial charge in [0.2, 0.25) is 0 Å². The summed E-state index contributed by atoms with van der Waals surface area (Å²) < 4.78 is 5.33. The van der Waals surface area contributed by atoms with Crippen LogP contribution in [0.15, 0.2) is 18.2 Å². The first-order valence-electron chi connectivity index (χ1n) is 7.93. The molecule has 0 radical (unpaired) electrons. The van der Waals surface area contributed by atoms with Crippen LogP contribution in [0.4, 0.5) is 0 Å². The molecule has 1 fully saturated rings. The van der Waals surface area contributed by atoms with Crippen LogP contribution in [0, 0.1) is 0 Å². The number of nitrogens with two attached hydrogens (primary N) is 1. The fourth-order valence-corrected chi connectivity index (χ4v) is 3.86. The minimum Gasteiger partial charge on any atom is -0.497 e. The van der Waals surface area contributed by atoms with E-state index < -0.39 is 0 Å². The molecule has 3 unspecified atom stereocenters. The number of likely N-dealkylation sites (N-methyl/N-ethyl adjacent to an activating group) is 2. The highest BCUT2D eigenvalue weighted by molar-refractivity contribution is 5.42. The van der Waals surface area contributed by atoms with Crippen molar-refractivity contribution >= 4 is 0 Å². The SMILES string of the molecule is COc1ccc2c(c1)C(N)C(N(C)CC1CCCN1C)C2. The number of ether oxygens (including phenoxy) is 1. The molecule has 0 bridgehead atoms. The predicted octanol–water partition coefficient (Wildman–Crippen LogP) is 1.65. The molecule has 4 nitrogen and oxygen atoms in total. The lowest BCUT2D eigenvalue weighted by molar-refractivity contribution is 0.165. The van der Waals surface area contributed by atoms with E-state index in [1.807, 2.05) is 6.07 Å². The Kier molecular flexibility index (Phi) is 4.20. The number of fused-ring (bicyclic) bond motifs is 1. The van der Waals surface area contributed by atoms with Crippen molar-refractivity contribution in [1.82, 2.24) is 9.80 Å². The third kappa shape index (κ3) is 2.80. The van der Waals surface area contributed by atoms with E-state index in [-0.39, 0.29) is 6.04 Å². The van der Waals surface area contributed by atoms with Crippen LogP contribution in [0.25, 0.3) is 0 Å². The van der Waals surface area contributed by atoms with E-state index in [0.29, 0.717) is 12.1 Å². The minimum absolute atomic E-state index is 0.0896. The molecular weight excluding hydrogens is 262 g/mol. The maximum Gasteiger partial charge on any atom is 0.119 e. The second-order valence-corrected chi connectivity index (χ2v) is 6.58. The summed E-state index contributed by atoms with van der Waals surface area (Å²) in [6, 6.07) is 7.49. The molecule has 1 aliphatic carbocycles. The summed E-state index contributed by atoms with van der Waals surface area (Å²) in [5, 5.41) is 0. The molecule has 2 N–H and O–H groups in total. The van der Waals surface area contributed by atoms with E-state index in [9.17, 15) is 0 Å². The van der Waals surface area contributed by atoms with Gasteiger partial charge in [0.1, 0.15) is 5.75 Å². The average Bonchev–Trinajstić information content (AvgIpc) is 3.03. The third-order valence-corrected chi connectivity index (χ3v) is 5.29. The normalized spacial score (nSPS) is 29.1. The highest BCUT2D eigenvalue weighted by Crippen LogP contribution is 2.35. The van der Waals surface area contributed by atoms with Crippen LogP contribution in [0.3, 0.4) is 0 Å². The molecule has 3 atom stereocenters. The Morgan fingerprint density at radius 2 is 2.24 bits per heavy atom. The second-order valence-electron chi connectivity index (χ2n) is 6.58. The Labute approximate surface area is 127 Å². The van der Waals surface area contributed by atoms with Gasteiger partial charge >= 0.3 is 0 Å². The summed E-state index contributed by atoms with van der Waals surface area (Å²) in [5.41, 5.74) is 9.14. The zero-order valence-corrected chi connectivity index (χ0v) is 13.4. The summed E-state index contributed by atoms with van der Waals surface area (Å²) >= 11 is 0. The molecule has 0 spiro atoms. The van der Waals surface area contributed by atoms with Gasteiger partial charge in [0.25, 0.3) is 0 Å². The number of benzene rings is 1. The first-order chi connectivity index (χ1) is 10.1. The van der Waals surface area contributed by atoms with Crippen molar-refractivity contribution in [3.05, 3.63) is 29.3 Å². The van der Waals surface area contributed by atoms with Crippen molar-refractivity contribution in [3.63, 3.8) is 0 Å². The molecule has 1 aromatic carbocycles. The number of nitrogens with zero attached hydrogens (tertiary/aromatic N) is 2. The Morgan fingerprint density at radius 1 is 1.43 bits per heavy atom. The van der Waals surface area contributed by atoms with E-state index in [0.717, 1.165) is 18.7 Å². The quantitative estimate of drug-likeness (QED) is 0.915. The summed E-state index contributed by atoms with van der Waals surface area (Å²) in [4.78, 5) is 4.94. The van der Waals surface area contributed by atoms with E-state index in [4.69, 9.17) is 10.5 Å². The van der Waals surface area contributed by atoms with Gasteiger partial charge in [-0.2, -0.15) is 0 Å². The first kappa shape index (κ1) is 14.8. The molecule has 1 heterocycles. The van der Waals surface area contributed by atoms with Crippen LogP contribution < -0.4 is 10.5 Å². The lowest BCUT2D eigenvalue weighted by atomic mass is 10.1. The summed E-state index contributed by atoms with van der Waals surface area (Å²) in [5.74, 6) is 0.906. The smallest absolute Gasteiger partial charge is 0.119 e. The molecular formula is C17H27N3O. The Balaban J connectivity index is 1.70. The third-order valence-electron chi connectivity index (χ3n) is 5.29. The zero-order valence-electron chi connectivity index (χ0n) is 13.4. The highest BCUT2D eigenvalue weighted by Gasteiger charge is 2.34. The van der Waals surface area contributed by atoms with Crippen LogP contribution in [0.5, 0.6) is 5.75 Å². The van der Waals surface area contributed by atoms with Crippen LogP contribution in [-0.4, -0.2) is 56.2 Å².